The minimum Gasteiger partial charge on any atom is -0.494 e. The Morgan fingerprint density at radius 1 is 1.00 bits per heavy atom. The van der Waals surface area contributed by atoms with Crippen LogP contribution in [0.4, 0.5) is 11.4 Å². The number of aromatic nitrogens is 5. The summed E-state index contributed by atoms with van der Waals surface area (Å²) in [7, 11) is 0. The highest BCUT2D eigenvalue weighted by Gasteiger charge is 2.18. The molecule has 9 heteroatoms. The fourth-order valence-electron chi connectivity index (χ4n) is 4.87. The third kappa shape index (κ3) is 3.87. The number of aromatic hydroxyl groups is 1. The Hall–Kier alpha value is -4.24. The molecule has 0 saturated carbocycles. The third-order valence-electron chi connectivity index (χ3n) is 6.94. The van der Waals surface area contributed by atoms with Crippen molar-refractivity contribution in [3.05, 3.63) is 76.4 Å². The zero-order valence-electron chi connectivity index (χ0n) is 20.4. The molecule has 1 saturated heterocycles. The molecule has 2 N–H and O–H groups in total. The first kappa shape index (κ1) is 22.2. The number of nitrogens with zero attached hydrogens (tertiary/aromatic N) is 7. The van der Waals surface area contributed by atoms with Crippen LogP contribution in [0.3, 0.4) is 0 Å². The maximum absolute atomic E-state index is 10.0. The van der Waals surface area contributed by atoms with Gasteiger partial charge in [-0.1, -0.05) is 12.6 Å². The quantitative estimate of drug-likeness (QED) is 0.412. The van der Waals surface area contributed by atoms with Crippen LogP contribution < -0.4 is 15.7 Å². The van der Waals surface area contributed by atoms with E-state index in [1.807, 2.05) is 30.3 Å². The number of nitrogens with one attached hydrogen (secondary N) is 1. The van der Waals surface area contributed by atoms with Gasteiger partial charge in [0.15, 0.2) is 11.4 Å². The van der Waals surface area contributed by atoms with Crippen LogP contribution in [0, 0.1) is 10.6 Å². The molecule has 5 aromatic rings. The molecular formula is C27H28N8O. The Bertz CT molecular complexity index is 1760. The lowest BCUT2D eigenvalue weighted by molar-refractivity contribution is 0.209. The summed E-state index contributed by atoms with van der Waals surface area (Å²) < 4.78 is 1.74. The molecule has 0 radical (unpaired) electrons. The van der Waals surface area contributed by atoms with Gasteiger partial charge in [0.25, 0.3) is 0 Å². The number of anilines is 1. The van der Waals surface area contributed by atoms with E-state index in [9.17, 15) is 5.11 Å². The van der Waals surface area contributed by atoms with Gasteiger partial charge in [-0.15, -0.1) is 0 Å². The highest BCUT2D eigenvalue weighted by Crippen LogP contribution is 2.22. The summed E-state index contributed by atoms with van der Waals surface area (Å²) in [4.78, 5) is 21.6. The van der Waals surface area contributed by atoms with Gasteiger partial charge in [0.1, 0.15) is 6.33 Å². The van der Waals surface area contributed by atoms with Crippen molar-refractivity contribution in [3.8, 4) is 5.88 Å². The van der Waals surface area contributed by atoms with Crippen molar-refractivity contribution >= 4 is 34.4 Å². The molecule has 0 unspecified atom stereocenters. The summed E-state index contributed by atoms with van der Waals surface area (Å²) in [5.74, 6) is 0.114. The third-order valence-corrected chi connectivity index (χ3v) is 6.94. The first-order valence-electron chi connectivity index (χ1n) is 12.1. The lowest BCUT2D eigenvalue weighted by atomic mass is 10.2. The van der Waals surface area contributed by atoms with Crippen LogP contribution in [0.2, 0.25) is 0 Å². The summed E-state index contributed by atoms with van der Waals surface area (Å²) in [5.41, 5.74) is 3.11. The zero-order chi connectivity index (χ0) is 24.8. The zero-order valence-corrected chi connectivity index (χ0v) is 20.4. The van der Waals surface area contributed by atoms with Crippen LogP contribution in [-0.4, -0.2) is 66.8 Å². The summed E-state index contributed by atoms with van der Waals surface area (Å²) in [6.45, 7) is 12.7. The molecule has 182 valence electrons. The molecule has 0 aliphatic carbocycles. The van der Waals surface area contributed by atoms with Crippen molar-refractivity contribution in [3.63, 3.8) is 0 Å². The van der Waals surface area contributed by atoms with Crippen molar-refractivity contribution in [2.24, 2.45) is 4.99 Å². The highest BCUT2D eigenvalue weighted by molar-refractivity contribution is 5.87. The van der Waals surface area contributed by atoms with Gasteiger partial charge in [0.2, 0.25) is 5.65 Å². The van der Waals surface area contributed by atoms with Crippen LogP contribution in [0.15, 0.2) is 60.0 Å². The molecule has 1 aliphatic heterocycles. The molecule has 0 bridgehead atoms. The van der Waals surface area contributed by atoms with E-state index >= 15 is 0 Å². The number of piperazine rings is 1. The number of fused-ring (bicyclic) bond motifs is 2. The average molecular weight is 481 g/mol. The highest BCUT2D eigenvalue weighted by atomic mass is 16.3. The largest absolute Gasteiger partial charge is 0.494 e. The van der Waals surface area contributed by atoms with Crippen molar-refractivity contribution < 1.29 is 5.11 Å². The number of hydrogen-bond donors (Lipinski definition) is 2. The van der Waals surface area contributed by atoms with Crippen molar-refractivity contribution in [1.82, 2.24) is 29.5 Å². The molecular weight excluding hydrogens is 452 g/mol. The van der Waals surface area contributed by atoms with Gasteiger partial charge in [-0.25, -0.2) is 19.5 Å². The Morgan fingerprint density at radius 2 is 1.78 bits per heavy atom. The first-order valence-corrected chi connectivity index (χ1v) is 12.1. The molecule has 2 aromatic carbocycles. The van der Waals surface area contributed by atoms with Crippen LogP contribution >= 0.6 is 0 Å². The monoisotopic (exact) mass is 480 g/mol. The van der Waals surface area contributed by atoms with E-state index in [0.29, 0.717) is 22.5 Å². The number of rotatable bonds is 3. The number of hydrogen-bond acceptors (Lipinski definition) is 7. The Labute approximate surface area is 207 Å². The van der Waals surface area contributed by atoms with Crippen molar-refractivity contribution in [2.45, 2.75) is 19.9 Å². The Balaban J connectivity index is 1.36. The normalized spacial score (nSPS) is 16.5. The van der Waals surface area contributed by atoms with Gasteiger partial charge in [-0.2, -0.15) is 5.10 Å². The van der Waals surface area contributed by atoms with Crippen molar-refractivity contribution in [1.29, 1.82) is 0 Å². The Kier molecular flexibility index (Phi) is 5.41. The lowest BCUT2D eigenvalue weighted by Crippen LogP contribution is -2.48. The van der Waals surface area contributed by atoms with E-state index in [4.69, 9.17) is 4.99 Å². The van der Waals surface area contributed by atoms with E-state index in [1.165, 1.54) is 12.0 Å². The number of benzene rings is 2. The molecule has 0 amide bonds. The lowest BCUT2D eigenvalue weighted by Gasteiger charge is -2.38. The SMILES string of the molecule is C=c1[nH]c(O)c2ccc(=c3cnc(=Nc4ccc(N5CCN(C(C)C)CC5)cc4)c4ncnn34)cc12. The molecule has 0 spiro atoms. The molecule has 0 atom stereocenters. The standard InChI is InChI=1S/C27H28N8O/c1-17(2)33-10-12-34(13-11-33)21-7-5-20(6-8-21)32-25-26-29-16-30-35(26)24(15-28-25)19-4-9-22-23(14-19)18(3)31-27(22)36/h4-9,14-17,31,36H,3,10-13H2,1-2H3. The first-order chi connectivity index (χ1) is 17.5. The smallest absolute Gasteiger partial charge is 0.201 e. The van der Waals surface area contributed by atoms with Crippen LogP contribution in [0.5, 0.6) is 5.88 Å². The second kappa shape index (κ2) is 8.76. The van der Waals surface area contributed by atoms with E-state index in [-0.39, 0.29) is 5.88 Å². The van der Waals surface area contributed by atoms with E-state index in [2.05, 4.69) is 62.4 Å². The van der Waals surface area contributed by atoms with E-state index in [1.54, 1.807) is 10.7 Å². The van der Waals surface area contributed by atoms with Gasteiger partial charge in [-0.3, -0.25) is 4.90 Å². The molecule has 1 aliphatic rings. The van der Waals surface area contributed by atoms with E-state index < -0.39 is 0 Å². The second-order valence-corrected chi connectivity index (χ2v) is 9.42. The van der Waals surface area contributed by atoms with Gasteiger partial charge < -0.3 is 15.0 Å². The molecule has 1 fully saturated rings. The predicted octanol–water partition coefficient (Wildman–Crippen LogP) is 2.49. The second-order valence-electron chi connectivity index (χ2n) is 9.42. The predicted molar refractivity (Wildman–Crippen MR) is 140 cm³/mol. The van der Waals surface area contributed by atoms with Crippen molar-refractivity contribution in [2.75, 3.05) is 31.1 Å². The number of H-pyrrole nitrogens is 1. The molecule has 6 rings (SSSR count). The van der Waals surface area contributed by atoms with Gasteiger partial charge in [0, 0.05) is 59.2 Å². The molecule has 36 heavy (non-hydrogen) atoms. The maximum Gasteiger partial charge on any atom is 0.201 e. The Morgan fingerprint density at radius 3 is 2.53 bits per heavy atom. The minimum atomic E-state index is 0.114. The topological polar surface area (TPSA) is 97.9 Å². The summed E-state index contributed by atoms with van der Waals surface area (Å²) >= 11 is 0. The fourth-order valence-corrected chi connectivity index (χ4v) is 4.87. The maximum atomic E-state index is 10.0. The average Bonchev–Trinajstić information content (AvgIpc) is 3.49. The summed E-state index contributed by atoms with van der Waals surface area (Å²) in [5, 5.41) is 18.4. The fraction of sp³-hybridized carbons (Fsp3) is 0.259. The molecule has 3 aromatic heterocycles. The van der Waals surface area contributed by atoms with Gasteiger partial charge in [0.05, 0.1) is 17.2 Å². The van der Waals surface area contributed by atoms with Crippen LogP contribution in [0.25, 0.3) is 23.0 Å². The van der Waals surface area contributed by atoms with Crippen LogP contribution in [0.1, 0.15) is 13.8 Å². The molecule has 9 nitrogen and oxygen atoms in total. The van der Waals surface area contributed by atoms with Gasteiger partial charge >= 0.3 is 0 Å². The number of aromatic amines is 1. The van der Waals surface area contributed by atoms with Crippen LogP contribution in [-0.2, 0) is 0 Å². The summed E-state index contributed by atoms with van der Waals surface area (Å²) in [6.07, 6.45) is 3.26. The molecule has 4 heterocycles. The minimum absolute atomic E-state index is 0.114. The summed E-state index contributed by atoms with van der Waals surface area (Å²) in [6, 6.07) is 14.6. The van der Waals surface area contributed by atoms with E-state index in [0.717, 1.165) is 53.2 Å². The van der Waals surface area contributed by atoms with Gasteiger partial charge in [-0.05, 0) is 50.2 Å².